The maximum atomic E-state index is 12.6. The first-order valence-electron chi connectivity index (χ1n) is 7.60. The predicted molar refractivity (Wildman–Crippen MR) is 80.3 cm³/mol. The van der Waals surface area contributed by atoms with Crippen molar-refractivity contribution in [3.63, 3.8) is 0 Å². The molecule has 0 unspecified atom stereocenters. The average molecular weight is 300 g/mol. The maximum absolute atomic E-state index is 12.6. The molecule has 1 aliphatic heterocycles. The number of carbonyl (C=O) groups excluding carboxylic acids is 1. The van der Waals surface area contributed by atoms with Gasteiger partial charge in [-0.25, -0.2) is 9.97 Å². The summed E-state index contributed by atoms with van der Waals surface area (Å²) in [7, 11) is 0. The Bertz CT molecular complexity index is 634. The van der Waals surface area contributed by atoms with Crippen LogP contribution in [0, 0.1) is 13.8 Å². The molecule has 1 fully saturated rings. The van der Waals surface area contributed by atoms with E-state index >= 15 is 0 Å². The number of hydrogen-bond acceptors (Lipinski definition) is 5. The van der Waals surface area contributed by atoms with Gasteiger partial charge in [-0.15, -0.1) is 0 Å². The Kier molecular flexibility index (Phi) is 4.18. The Morgan fingerprint density at radius 2 is 2.32 bits per heavy atom. The highest BCUT2D eigenvalue weighted by Crippen LogP contribution is 2.26. The Balaban J connectivity index is 1.68. The topological polar surface area (TPSA) is 72.1 Å². The number of rotatable bonds is 3. The molecule has 2 aromatic rings. The number of likely N-dealkylation sites (tertiary alicyclic amines) is 1. The fourth-order valence-corrected chi connectivity index (χ4v) is 3.00. The van der Waals surface area contributed by atoms with E-state index in [1.54, 1.807) is 12.5 Å². The minimum atomic E-state index is 0.133. The van der Waals surface area contributed by atoms with Gasteiger partial charge in [-0.2, -0.15) is 0 Å². The standard InChI is InChI=1S/C16H20N4O2/c1-11-14(12(2)22-19-11)8-16(21)20-7-3-4-13(9-20)15-5-6-17-10-18-15/h5-6,10,13H,3-4,7-9H2,1-2H3/t13-/m0/s1. The van der Waals surface area contributed by atoms with Crippen molar-refractivity contribution in [2.75, 3.05) is 13.1 Å². The van der Waals surface area contributed by atoms with Gasteiger partial charge in [0, 0.05) is 36.5 Å². The van der Waals surface area contributed by atoms with Gasteiger partial charge in [0.2, 0.25) is 5.91 Å². The fourth-order valence-electron chi connectivity index (χ4n) is 3.00. The van der Waals surface area contributed by atoms with Crippen LogP contribution in [-0.4, -0.2) is 39.0 Å². The lowest BCUT2D eigenvalue weighted by Gasteiger charge is -2.32. The molecule has 6 nitrogen and oxygen atoms in total. The van der Waals surface area contributed by atoms with Gasteiger partial charge in [0.15, 0.2) is 0 Å². The Morgan fingerprint density at radius 1 is 1.45 bits per heavy atom. The second-order valence-electron chi connectivity index (χ2n) is 5.79. The van der Waals surface area contributed by atoms with E-state index in [0.717, 1.165) is 48.6 Å². The summed E-state index contributed by atoms with van der Waals surface area (Å²) in [6.45, 7) is 5.25. The predicted octanol–water partition coefficient (Wildman–Crippen LogP) is 2.03. The molecule has 1 aliphatic rings. The molecule has 0 saturated carbocycles. The number of aryl methyl sites for hydroxylation is 2. The summed E-state index contributed by atoms with van der Waals surface area (Å²) in [5, 5.41) is 3.91. The van der Waals surface area contributed by atoms with Gasteiger partial charge >= 0.3 is 0 Å². The molecule has 22 heavy (non-hydrogen) atoms. The number of aromatic nitrogens is 3. The van der Waals surface area contributed by atoms with Crippen molar-refractivity contribution in [1.29, 1.82) is 0 Å². The van der Waals surface area contributed by atoms with Crippen LogP contribution in [0.1, 0.15) is 41.5 Å². The molecule has 0 aliphatic carbocycles. The number of amides is 1. The molecule has 0 N–H and O–H groups in total. The first kappa shape index (κ1) is 14.7. The first-order chi connectivity index (χ1) is 10.6. The van der Waals surface area contributed by atoms with Crippen molar-refractivity contribution in [2.24, 2.45) is 0 Å². The van der Waals surface area contributed by atoms with Crippen molar-refractivity contribution < 1.29 is 9.32 Å². The van der Waals surface area contributed by atoms with Crippen molar-refractivity contribution >= 4 is 5.91 Å². The highest BCUT2D eigenvalue weighted by molar-refractivity contribution is 5.79. The third-order valence-electron chi connectivity index (χ3n) is 4.31. The summed E-state index contributed by atoms with van der Waals surface area (Å²) in [4.78, 5) is 22.8. The van der Waals surface area contributed by atoms with E-state index in [2.05, 4.69) is 15.1 Å². The van der Waals surface area contributed by atoms with E-state index in [4.69, 9.17) is 4.52 Å². The lowest BCUT2D eigenvalue weighted by Crippen LogP contribution is -2.40. The van der Waals surface area contributed by atoms with Crippen molar-refractivity contribution in [1.82, 2.24) is 20.0 Å². The zero-order valence-electron chi connectivity index (χ0n) is 13.0. The smallest absolute Gasteiger partial charge is 0.227 e. The summed E-state index contributed by atoms with van der Waals surface area (Å²) in [5.41, 5.74) is 2.73. The molecule has 1 saturated heterocycles. The summed E-state index contributed by atoms with van der Waals surface area (Å²) >= 11 is 0. The van der Waals surface area contributed by atoms with Gasteiger partial charge in [0.25, 0.3) is 0 Å². The van der Waals surface area contributed by atoms with Gasteiger partial charge in [-0.1, -0.05) is 5.16 Å². The van der Waals surface area contributed by atoms with Gasteiger partial charge in [-0.05, 0) is 32.8 Å². The third-order valence-corrected chi connectivity index (χ3v) is 4.31. The maximum Gasteiger partial charge on any atom is 0.227 e. The Morgan fingerprint density at radius 3 is 3.00 bits per heavy atom. The summed E-state index contributed by atoms with van der Waals surface area (Å²) in [5.74, 6) is 1.16. The van der Waals surface area contributed by atoms with Crippen LogP contribution in [0.15, 0.2) is 23.1 Å². The lowest BCUT2D eigenvalue weighted by molar-refractivity contribution is -0.131. The minimum Gasteiger partial charge on any atom is -0.361 e. The SMILES string of the molecule is Cc1noc(C)c1CC(=O)N1CCC[C@H](c2ccncn2)C1. The zero-order valence-corrected chi connectivity index (χ0v) is 13.0. The molecule has 0 spiro atoms. The highest BCUT2D eigenvalue weighted by Gasteiger charge is 2.26. The molecule has 3 rings (SSSR count). The molecule has 0 bridgehead atoms. The van der Waals surface area contributed by atoms with Gasteiger partial charge in [-0.3, -0.25) is 4.79 Å². The lowest BCUT2D eigenvalue weighted by atomic mass is 9.94. The van der Waals surface area contributed by atoms with Crippen molar-refractivity contribution in [3.05, 3.63) is 41.3 Å². The van der Waals surface area contributed by atoms with E-state index in [-0.39, 0.29) is 5.91 Å². The molecule has 2 aromatic heterocycles. The number of nitrogens with zero attached hydrogens (tertiary/aromatic N) is 4. The second kappa shape index (κ2) is 6.25. The molecule has 3 heterocycles. The molecular formula is C16H20N4O2. The second-order valence-corrected chi connectivity index (χ2v) is 5.79. The number of carbonyl (C=O) groups is 1. The quantitative estimate of drug-likeness (QED) is 0.867. The van der Waals surface area contributed by atoms with E-state index in [1.165, 1.54) is 0 Å². The zero-order chi connectivity index (χ0) is 15.5. The Labute approximate surface area is 129 Å². The van der Waals surface area contributed by atoms with Crippen LogP contribution >= 0.6 is 0 Å². The van der Waals surface area contributed by atoms with Crippen LogP contribution in [0.4, 0.5) is 0 Å². The largest absolute Gasteiger partial charge is 0.361 e. The van der Waals surface area contributed by atoms with Crippen LogP contribution in [0.3, 0.4) is 0 Å². The van der Waals surface area contributed by atoms with Gasteiger partial charge in [0.05, 0.1) is 12.1 Å². The Hall–Kier alpha value is -2.24. The molecule has 0 radical (unpaired) electrons. The van der Waals surface area contributed by atoms with Gasteiger partial charge in [0.1, 0.15) is 12.1 Å². The van der Waals surface area contributed by atoms with Crippen LogP contribution in [-0.2, 0) is 11.2 Å². The first-order valence-corrected chi connectivity index (χ1v) is 7.60. The molecule has 6 heteroatoms. The summed E-state index contributed by atoms with van der Waals surface area (Å²) in [6.07, 6.45) is 5.75. The molecular weight excluding hydrogens is 280 g/mol. The number of hydrogen-bond donors (Lipinski definition) is 0. The van der Waals surface area contributed by atoms with E-state index in [1.807, 2.05) is 24.8 Å². The summed E-state index contributed by atoms with van der Waals surface area (Å²) < 4.78 is 5.14. The van der Waals surface area contributed by atoms with Crippen molar-refractivity contribution in [2.45, 2.75) is 39.0 Å². The van der Waals surface area contributed by atoms with Crippen LogP contribution < -0.4 is 0 Å². The average Bonchev–Trinajstić information content (AvgIpc) is 2.88. The number of piperidine rings is 1. The van der Waals surface area contributed by atoms with Crippen LogP contribution in [0.2, 0.25) is 0 Å². The minimum absolute atomic E-state index is 0.133. The monoisotopic (exact) mass is 300 g/mol. The van der Waals surface area contributed by atoms with E-state index in [0.29, 0.717) is 12.3 Å². The third kappa shape index (κ3) is 3.00. The fraction of sp³-hybridized carbons (Fsp3) is 0.500. The molecule has 1 atom stereocenters. The van der Waals surface area contributed by atoms with E-state index < -0.39 is 0 Å². The highest BCUT2D eigenvalue weighted by atomic mass is 16.5. The van der Waals surface area contributed by atoms with E-state index in [9.17, 15) is 4.79 Å². The molecule has 116 valence electrons. The van der Waals surface area contributed by atoms with Crippen LogP contribution in [0.5, 0.6) is 0 Å². The van der Waals surface area contributed by atoms with Gasteiger partial charge < -0.3 is 9.42 Å². The van der Waals surface area contributed by atoms with Crippen LogP contribution in [0.25, 0.3) is 0 Å². The normalized spacial score (nSPS) is 18.5. The molecule has 1 amide bonds. The van der Waals surface area contributed by atoms with Crippen molar-refractivity contribution in [3.8, 4) is 0 Å². The molecule has 0 aromatic carbocycles. The summed E-state index contributed by atoms with van der Waals surface area (Å²) in [6, 6.07) is 1.94.